The summed E-state index contributed by atoms with van der Waals surface area (Å²) in [4.78, 5) is 26.5. The minimum atomic E-state index is -0.181. The Morgan fingerprint density at radius 3 is 2.70 bits per heavy atom. The molecule has 0 aliphatic carbocycles. The van der Waals surface area contributed by atoms with Crippen molar-refractivity contribution in [2.24, 2.45) is 13.0 Å². The highest BCUT2D eigenvalue weighted by molar-refractivity contribution is 6.08. The summed E-state index contributed by atoms with van der Waals surface area (Å²) in [6, 6.07) is 11.1. The average molecular weight is 311 g/mol. The summed E-state index contributed by atoms with van der Waals surface area (Å²) in [5.41, 5.74) is 2.05. The molecule has 0 saturated heterocycles. The second-order valence-electron chi connectivity index (χ2n) is 6.29. The topological polar surface area (TPSA) is 54.3 Å². The molecule has 1 aromatic carbocycles. The van der Waals surface area contributed by atoms with E-state index in [1.807, 2.05) is 24.3 Å². The zero-order valence-electron chi connectivity index (χ0n) is 13.6. The molecule has 1 amide bonds. The van der Waals surface area contributed by atoms with Gasteiger partial charge in [-0.1, -0.05) is 26.0 Å². The number of nitrogens with zero attached hydrogens (tertiary/aromatic N) is 2. The maximum absolute atomic E-state index is 12.9. The molecule has 0 fully saturated rings. The first-order valence-corrected chi connectivity index (χ1v) is 7.81. The lowest BCUT2D eigenvalue weighted by molar-refractivity contribution is 0.0983. The van der Waals surface area contributed by atoms with Crippen molar-refractivity contribution in [1.29, 1.82) is 0 Å². The van der Waals surface area contributed by atoms with Gasteiger partial charge in [0.1, 0.15) is 0 Å². The van der Waals surface area contributed by atoms with E-state index in [0.29, 0.717) is 18.0 Å². The molecule has 2 heterocycles. The monoisotopic (exact) mass is 311 g/mol. The second-order valence-corrected chi connectivity index (χ2v) is 6.29. The number of benzene rings is 1. The number of anilines is 2. The van der Waals surface area contributed by atoms with Crippen LogP contribution < -0.4 is 15.8 Å². The van der Waals surface area contributed by atoms with E-state index in [-0.39, 0.29) is 17.5 Å². The van der Waals surface area contributed by atoms with Crippen LogP contribution in [0.25, 0.3) is 0 Å². The van der Waals surface area contributed by atoms with Crippen LogP contribution in [0.5, 0.6) is 0 Å². The molecule has 1 aromatic heterocycles. The van der Waals surface area contributed by atoms with Crippen molar-refractivity contribution in [1.82, 2.24) is 4.57 Å². The number of aryl methyl sites for hydroxylation is 1. The number of hydrogen-bond donors (Lipinski definition) is 1. The Kier molecular flexibility index (Phi) is 3.94. The minimum absolute atomic E-state index is 0.137. The number of carbonyl (C=O) groups excluding carboxylic acids is 1. The van der Waals surface area contributed by atoms with E-state index >= 15 is 0 Å². The molecule has 1 aliphatic rings. The fraction of sp³-hybridized carbons (Fsp3) is 0.333. The number of nitrogens with one attached hydrogen (secondary N) is 1. The number of fused-ring (bicyclic) bond motifs is 1. The van der Waals surface area contributed by atoms with E-state index in [4.69, 9.17) is 0 Å². The van der Waals surface area contributed by atoms with Crippen molar-refractivity contribution in [2.45, 2.75) is 19.9 Å². The smallest absolute Gasteiger partial charge is 0.258 e. The molecule has 0 saturated carbocycles. The van der Waals surface area contributed by atoms with Gasteiger partial charge < -0.3 is 14.8 Å². The van der Waals surface area contributed by atoms with Crippen LogP contribution in [0.3, 0.4) is 0 Å². The Labute approximate surface area is 135 Å². The summed E-state index contributed by atoms with van der Waals surface area (Å²) in [6.07, 6.45) is 1.63. The van der Waals surface area contributed by atoms with E-state index < -0.39 is 0 Å². The Morgan fingerprint density at radius 1 is 1.26 bits per heavy atom. The fourth-order valence-electron chi connectivity index (χ4n) is 2.78. The van der Waals surface area contributed by atoms with Gasteiger partial charge in [-0.3, -0.25) is 9.59 Å². The highest BCUT2D eigenvalue weighted by atomic mass is 16.2. The number of para-hydroxylation sites is 2. The maximum atomic E-state index is 12.9. The van der Waals surface area contributed by atoms with Crippen LogP contribution in [0, 0.1) is 5.92 Å². The van der Waals surface area contributed by atoms with Crippen molar-refractivity contribution < 1.29 is 4.79 Å². The van der Waals surface area contributed by atoms with Gasteiger partial charge in [0.05, 0.1) is 11.4 Å². The summed E-state index contributed by atoms with van der Waals surface area (Å²) in [5.74, 6) is 0.254. The van der Waals surface area contributed by atoms with Crippen LogP contribution in [0.2, 0.25) is 0 Å². The molecule has 5 nitrogen and oxygen atoms in total. The molecule has 1 N–H and O–H groups in total. The van der Waals surface area contributed by atoms with Crippen LogP contribution in [0.4, 0.5) is 11.4 Å². The van der Waals surface area contributed by atoms with Gasteiger partial charge in [0, 0.05) is 37.5 Å². The molecular formula is C18H21N3O2. The Hall–Kier alpha value is -2.56. The van der Waals surface area contributed by atoms with Gasteiger partial charge >= 0.3 is 0 Å². The third-order valence-corrected chi connectivity index (χ3v) is 4.32. The predicted octanol–water partition coefficient (Wildman–Crippen LogP) is 2.48. The summed E-state index contributed by atoms with van der Waals surface area (Å²) in [7, 11) is 1.67. The largest absolute Gasteiger partial charge is 0.379 e. The highest BCUT2D eigenvalue weighted by Crippen LogP contribution is 2.33. The van der Waals surface area contributed by atoms with Crippen molar-refractivity contribution in [2.75, 3.05) is 16.8 Å². The van der Waals surface area contributed by atoms with E-state index in [1.54, 1.807) is 24.2 Å². The standard InChI is InChI=1S/C18H21N3O2/c1-12(2)15-11-21(16-7-5-4-6-14(16)19-15)18(23)13-8-9-20(3)17(22)10-13/h4-10,12,15,19H,11H2,1-3H3/t15-/m1/s1. The normalized spacial score (nSPS) is 16.9. The molecule has 1 atom stereocenters. The molecule has 0 bridgehead atoms. The molecule has 120 valence electrons. The molecule has 1 aliphatic heterocycles. The molecule has 0 unspecified atom stereocenters. The molecular weight excluding hydrogens is 290 g/mol. The lowest BCUT2D eigenvalue weighted by Crippen LogP contribution is -2.47. The molecule has 0 spiro atoms. The lowest BCUT2D eigenvalue weighted by Gasteiger charge is -2.37. The Bertz CT molecular complexity index is 795. The van der Waals surface area contributed by atoms with E-state index in [0.717, 1.165) is 11.4 Å². The van der Waals surface area contributed by atoms with Crippen LogP contribution in [-0.4, -0.2) is 23.1 Å². The van der Waals surface area contributed by atoms with E-state index in [9.17, 15) is 9.59 Å². The third kappa shape index (κ3) is 2.86. The van der Waals surface area contributed by atoms with Crippen LogP contribution in [0.1, 0.15) is 24.2 Å². The van der Waals surface area contributed by atoms with Crippen LogP contribution >= 0.6 is 0 Å². The van der Waals surface area contributed by atoms with Crippen molar-refractivity contribution in [3.05, 3.63) is 58.5 Å². The van der Waals surface area contributed by atoms with Crippen LogP contribution in [-0.2, 0) is 7.05 Å². The summed E-state index contributed by atoms with van der Waals surface area (Å²) in [5, 5.41) is 3.49. The first-order valence-electron chi connectivity index (χ1n) is 7.81. The number of rotatable bonds is 2. The molecule has 2 aromatic rings. The van der Waals surface area contributed by atoms with Gasteiger partial charge in [-0.25, -0.2) is 0 Å². The lowest BCUT2D eigenvalue weighted by atomic mass is 9.99. The molecule has 3 rings (SSSR count). The number of aromatic nitrogens is 1. The second kappa shape index (κ2) is 5.91. The molecule has 5 heteroatoms. The number of amides is 1. The zero-order chi connectivity index (χ0) is 16.6. The molecule has 23 heavy (non-hydrogen) atoms. The zero-order valence-corrected chi connectivity index (χ0v) is 13.6. The molecule has 0 radical (unpaired) electrons. The summed E-state index contributed by atoms with van der Waals surface area (Å²) >= 11 is 0. The van der Waals surface area contributed by atoms with E-state index in [2.05, 4.69) is 19.2 Å². The summed E-state index contributed by atoms with van der Waals surface area (Å²) in [6.45, 7) is 4.85. The first kappa shape index (κ1) is 15.3. The van der Waals surface area contributed by atoms with Gasteiger partial charge in [-0.2, -0.15) is 0 Å². The van der Waals surface area contributed by atoms with Crippen LogP contribution in [0.15, 0.2) is 47.4 Å². The number of hydrogen-bond acceptors (Lipinski definition) is 3. The van der Waals surface area contributed by atoms with Gasteiger partial charge in [-0.05, 0) is 24.1 Å². The van der Waals surface area contributed by atoms with Crippen molar-refractivity contribution >= 4 is 17.3 Å². The van der Waals surface area contributed by atoms with Gasteiger partial charge in [0.2, 0.25) is 0 Å². The third-order valence-electron chi connectivity index (χ3n) is 4.32. The van der Waals surface area contributed by atoms with Gasteiger partial charge in [0.25, 0.3) is 11.5 Å². The van der Waals surface area contributed by atoms with Gasteiger partial charge in [0.15, 0.2) is 0 Å². The van der Waals surface area contributed by atoms with Gasteiger partial charge in [-0.15, -0.1) is 0 Å². The van der Waals surface area contributed by atoms with Crippen molar-refractivity contribution in [3.8, 4) is 0 Å². The fourth-order valence-corrected chi connectivity index (χ4v) is 2.78. The van der Waals surface area contributed by atoms with E-state index in [1.165, 1.54) is 10.6 Å². The number of carbonyl (C=O) groups is 1. The Balaban J connectivity index is 2.01. The Morgan fingerprint density at radius 2 is 2.00 bits per heavy atom. The SMILES string of the molecule is CC(C)[C@H]1CN(C(=O)c2ccn(C)c(=O)c2)c2ccccc2N1. The number of pyridine rings is 1. The quantitative estimate of drug-likeness (QED) is 0.927. The predicted molar refractivity (Wildman–Crippen MR) is 92.1 cm³/mol. The highest BCUT2D eigenvalue weighted by Gasteiger charge is 2.30. The first-order chi connectivity index (χ1) is 11.0. The van der Waals surface area contributed by atoms with Crippen molar-refractivity contribution in [3.63, 3.8) is 0 Å². The summed E-state index contributed by atoms with van der Waals surface area (Å²) < 4.78 is 1.46. The average Bonchev–Trinajstić information content (AvgIpc) is 2.55. The minimum Gasteiger partial charge on any atom is -0.379 e. The maximum Gasteiger partial charge on any atom is 0.258 e.